The van der Waals surface area contributed by atoms with Crippen molar-refractivity contribution >= 4 is 9.84 Å². The van der Waals surface area contributed by atoms with Gasteiger partial charge < -0.3 is 4.74 Å². The van der Waals surface area contributed by atoms with E-state index in [0.717, 1.165) is 5.56 Å². The molecule has 0 aliphatic rings. The molecule has 0 N–H and O–H groups in total. The van der Waals surface area contributed by atoms with Crippen molar-refractivity contribution in [3.05, 3.63) is 54.1 Å². The van der Waals surface area contributed by atoms with Crippen LogP contribution in [0.2, 0.25) is 0 Å². The van der Waals surface area contributed by atoms with Crippen LogP contribution in [0.15, 0.2) is 58.3 Å². The summed E-state index contributed by atoms with van der Waals surface area (Å²) in [5, 5.41) is 0. The van der Waals surface area contributed by atoms with E-state index in [2.05, 4.69) is 0 Å². The zero-order valence-electron chi connectivity index (χ0n) is 10.3. The van der Waals surface area contributed by atoms with E-state index in [1.54, 1.807) is 48.5 Å². The minimum absolute atomic E-state index is 0.246. The summed E-state index contributed by atoms with van der Waals surface area (Å²) in [6.45, 7) is 1.87. The molecule has 0 fully saturated rings. The van der Waals surface area contributed by atoms with Crippen molar-refractivity contribution in [2.24, 2.45) is 0 Å². The van der Waals surface area contributed by atoms with E-state index >= 15 is 0 Å². The van der Waals surface area contributed by atoms with E-state index in [4.69, 9.17) is 4.74 Å². The third-order valence-corrected chi connectivity index (χ3v) is 4.51. The van der Waals surface area contributed by atoms with E-state index in [1.165, 1.54) is 7.11 Å². The van der Waals surface area contributed by atoms with Crippen molar-refractivity contribution in [1.29, 1.82) is 0 Å². The maximum absolute atomic E-state index is 12.4. The predicted octanol–water partition coefficient (Wildman–Crippen LogP) is 2.84. The number of hydrogen-bond acceptors (Lipinski definition) is 3. The van der Waals surface area contributed by atoms with Gasteiger partial charge in [-0.3, -0.25) is 0 Å². The van der Waals surface area contributed by atoms with Crippen LogP contribution in [0, 0.1) is 6.92 Å². The van der Waals surface area contributed by atoms with E-state index in [1.807, 2.05) is 6.92 Å². The molecular weight excluding hydrogens is 248 g/mol. The molecule has 0 saturated heterocycles. The minimum atomic E-state index is -3.47. The molecule has 0 atom stereocenters. The van der Waals surface area contributed by atoms with Gasteiger partial charge in [-0.1, -0.05) is 24.3 Å². The maximum Gasteiger partial charge on any atom is 0.206 e. The Hall–Kier alpha value is -1.81. The van der Waals surface area contributed by atoms with Gasteiger partial charge in [0.05, 0.1) is 16.9 Å². The van der Waals surface area contributed by atoms with Crippen molar-refractivity contribution in [2.75, 3.05) is 7.11 Å². The lowest BCUT2D eigenvalue weighted by Gasteiger charge is -2.08. The summed E-state index contributed by atoms with van der Waals surface area (Å²) in [6, 6.07) is 13.3. The summed E-state index contributed by atoms with van der Waals surface area (Å²) in [5.41, 5.74) is 0.907. The molecule has 4 heteroatoms. The third kappa shape index (κ3) is 2.24. The van der Waals surface area contributed by atoms with Gasteiger partial charge in [0.1, 0.15) is 5.75 Å². The molecule has 3 nitrogen and oxygen atoms in total. The lowest BCUT2D eigenvalue weighted by atomic mass is 10.2. The topological polar surface area (TPSA) is 43.4 Å². The number of ether oxygens (including phenoxy) is 1. The van der Waals surface area contributed by atoms with E-state index in [0.29, 0.717) is 5.75 Å². The van der Waals surface area contributed by atoms with Crippen molar-refractivity contribution in [2.45, 2.75) is 16.7 Å². The molecule has 0 bridgehead atoms. The Balaban J connectivity index is 2.55. The molecule has 0 aliphatic carbocycles. The second-order valence-corrected chi connectivity index (χ2v) is 5.90. The average Bonchev–Trinajstić information content (AvgIpc) is 2.40. The second-order valence-electron chi connectivity index (χ2n) is 3.95. The van der Waals surface area contributed by atoms with Crippen LogP contribution in [-0.4, -0.2) is 15.5 Å². The molecule has 2 aromatic rings. The molecule has 0 aliphatic heterocycles. The predicted molar refractivity (Wildman–Crippen MR) is 69.6 cm³/mol. The number of sulfone groups is 1. The normalized spacial score (nSPS) is 11.2. The molecule has 0 unspecified atom stereocenters. The van der Waals surface area contributed by atoms with Gasteiger partial charge in [0.15, 0.2) is 0 Å². The van der Waals surface area contributed by atoms with Crippen LogP contribution in [0.4, 0.5) is 0 Å². The van der Waals surface area contributed by atoms with Gasteiger partial charge in [-0.05, 0) is 36.8 Å². The van der Waals surface area contributed by atoms with Gasteiger partial charge in [-0.2, -0.15) is 0 Å². The summed E-state index contributed by atoms with van der Waals surface area (Å²) in [4.78, 5) is 0.534. The average molecular weight is 262 g/mol. The van der Waals surface area contributed by atoms with Crippen LogP contribution in [0.1, 0.15) is 5.56 Å². The minimum Gasteiger partial charge on any atom is -0.496 e. The highest BCUT2D eigenvalue weighted by Crippen LogP contribution is 2.26. The van der Waals surface area contributed by atoms with E-state index in [9.17, 15) is 8.42 Å². The highest BCUT2D eigenvalue weighted by molar-refractivity contribution is 7.91. The Morgan fingerprint density at radius 1 is 0.944 bits per heavy atom. The van der Waals surface area contributed by atoms with Crippen LogP contribution < -0.4 is 4.74 Å². The summed E-state index contributed by atoms with van der Waals surface area (Å²) < 4.78 is 29.9. The van der Waals surface area contributed by atoms with Crippen molar-refractivity contribution in [3.63, 3.8) is 0 Å². The third-order valence-electron chi connectivity index (χ3n) is 2.74. The molecule has 0 saturated carbocycles. The first-order valence-corrected chi connectivity index (χ1v) is 6.99. The number of hydrogen-bond donors (Lipinski definition) is 0. The molecular formula is C14H14O3S. The Bertz CT molecular complexity index is 646. The molecule has 18 heavy (non-hydrogen) atoms. The maximum atomic E-state index is 12.4. The van der Waals surface area contributed by atoms with Crippen molar-refractivity contribution < 1.29 is 13.2 Å². The van der Waals surface area contributed by atoms with Crippen LogP contribution in [0.3, 0.4) is 0 Å². The van der Waals surface area contributed by atoms with Crippen LogP contribution >= 0.6 is 0 Å². The van der Waals surface area contributed by atoms with Crippen molar-refractivity contribution in [1.82, 2.24) is 0 Å². The molecule has 0 radical (unpaired) electrons. The molecule has 0 amide bonds. The fraction of sp³-hybridized carbons (Fsp3) is 0.143. The summed E-state index contributed by atoms with van der Waals surface area (Å²) in [7, 11) is -1.94. The zero-order valence-corrected chi connectivity index (χ0v) is 11.1. The Kier molecular flexibility index (Phi) is 3.39. The van der Waals surface area contributed by atoms with E-state index < -0.39 is 9.84 Å². The number of methoxy groups -OCH3 is 1. The monoisotopic (exact) mass is 262 g/mol. The standard InChI is InChI=1S/C14H14O3S/c1-11-8-9-13(10-14(11)17-2)18(15,16)12-6-4-3-5-7-12/h3-10H,1-2H3. The van der Waals surface area contributed by atoms with Gasteiger partial charge in [0, 0.05) is 0 Å². The highest BCUT2D eigenvalue weighted by Gasteiger charge is 2.18. The summed E-state index contributed by atoms with van der Waals surface area (Å²) in [6.07, 6.45) is 0. The number of aryl methyl sites for hydroxylation is 1. The fourth-order valence-electron chi connectivity index (χ4n) is 1.70. The van der Waals surface area contributed by atoms with Gasteiger partial charge >= 0.3 is 0 Å². The van der Waals surface area contributed by atoms with Gasteiger partial charge in [-0.15, -0.1) is 0 Å². The molecule has 94 valence electrons. The quantitative estimate of drug-likeness (QED) is 0.854. The number of rotatable bonds is 3. The van der Waals surface area contributed by atoms with Crippen LogP contribution in [0.25, 0.3) is 0 Å². The first kappa shape index (κ1) is 12.6. The number of benzene rings is 2. The first-order chi connectivity index (χ1) is 8.55. The van der Waals surface area contributed by atoms with Gasteiger partial charge in [-0.25, -0.2) is 8.42 Å². The highest BCUT2D eigenvalue weighted by atomic mass is 32.2. The smallest absolute Gasteiger partial charge is 0.206 e. The summed E-state index contributed by atoms with van der Waals surface area (Å²) in [5.74, 6) is 0.576. The van der Waals surface area contributed by atoms with Crippen molar-refractivity contribution in [3.8, 4) is 5.75 Å². The fourth-order valence-corrected chi connectivity index (χ4v) is 3.00. The van der Waals surface area contributed by atoms with Gasteiger partial charge in [0.2, 0.25) is 9.84 Å². The lowest BCUT2D eigenvalue weighted by molar-refractivity contribution is 0.410. The molecule has 2 rings (SSSR count). The molecule has 0 heterocycles. The van der Waals surface area contributed by atoms with Crippen LogP contribution in [0.5, 0.6) is 5.75 Å². The molecule has 0 spiro atoms. The van der Waals surface area contributed by atoms with Crippen LogP contribution in [-0.2, 0) is 9.84 Å². The van der Waals surface area contributed by atoms with E-state index in [-0.39, 0.29) is 9.79 Å². The Morgan fingerprint density at radius 2 is 1.61 bits per heavy atom. The Labute approximate surface area is 107 Å². The SMILES string of the molecule is COc1cc(S(=O)(=O)c2ccccc2)ccc1C. The molecule has 0 aromatic heterocycles. The molecule has 2 aromatic carbocycles. The van der Waals surface area contributed by atoms with Gasteiger partial charge in [0.25, 0.3) is 0 Å². The largest absolute Gasteiger partial charge is 0.496 e. The second kappa shape index (κ2) is 4.82. The first-order valence-electron chi connectivity index (χ1n) is 5.50. The Morgan fingerprint density at radius 3 is 2.22 bits per heavy atom. The zero-order chi connectivity index (χ0) is 13.2. The lowest BCUT2D eigenvalue weighted by Crippen LogP contribution is -2.02. The summed E-state index contributed by atoms with van der Waals surface area (Å²) >= 11 is 0.